The Balaban J connectivity index is 1.70. The molecule has 0 radical (unpaired) electrons. The largest absolute Gasteiger partial charge is 0.347 e. The van der Waals surface area contributed by atoms with E-state index in [4.69, 9.17) is 0 Å². The summed E-state index contributed by atoms with van der Waals surface area (Å²) in [5.41, 5.74) is 3.45. The van der Waals surface area contributed by atoms with Crippen LogP contribution in [0.15, 0.2) is 30.6 Å². The van der Waals surface area contributed by atoms with Gasteiger partial charge in [0.05, 0.1) is 23.9 Å². The average Bonchev–Trinajstić information content (AvgIpc) is 2.95. The Hall–Kier alpha value is -2.48. The van der Waals surface area contributed by atoms with Crippen LogP contribution in [0.5, 0.6) is 0 Å². The monoisotopic (exact) mass is 388 g/mol. The standard InChI is InChI=1S/C19H24N4O3S/c1-12(2)15-6-4-5-13(3)18(15)23-17-10-20-16(9-21-17)19(24)22-14-7-8-27(25,26)11-14/h4-6,9-10,12,14H,7-8,11H2,1-3H3,(H,21,23)(H,22,24). The zero-order valence-corrected chi connectivity index (χ0v) is 16.5. The number of hydrogen-bond acceptors (Lipinski definition) is 6. The summed E-state index contributed by atoms with van der Waals surface area (Å²) in [6, 6.07) is 5.77. The maximum absolute atomic E-state index is 12.2. The fourth-order valence-corrected chi connectivity index (χ4v) is 4.82. The maximum Gasteiger partial charge on any atom is 0.271 e. The first-order chi connectivity index (χ1) is 12.7. The zero-order valence-electron chi connectivity index (χ0n) is 15.7. The molecular weight excluding hydrogens is 364 g/mol. The lowest BCUT2D eigenvalue weighted by Gasteiger charge is -2.16. The van der Waals surface area contributed by atoms with E-state index in [-0.39, 0.29) is 23.2 Å². The summed E-state index contributed by atoms with van der Waals surface area (Å²) in [6.45, 7) is 6.28. The number of aromatic nitrogens is 2. The van der Waals surface area contributed by atoms with E-state index < -0.39 is 15.7 Å². The van der Waals surface area contributed by atoms with Crippen LogP contribution in [-0.4, -0.2) is 41.8 Å². The molecule has 1 aromatic carbocycles. The number of rotatable bonds is 5. The third-order valence-corrected chi connectivity index (χ3v) is 6.40. The Kier molecular flexibility index (Phi) is 5.46. The molecule has 1 aromatic heterocycles. The summed E-state index contributed by atoms with van der Waals surface area (Å²) in [4.78, 5) is 20.7. The van der Waals surface area contributed by atoms with Gasteiger partial charge in [-0.05, 0) is 30.4 Å². The molecule has 0 bridgehead atoms. The van der Waals surface area contributed by atoms with E-state index in [2.05, 4.69) is 40.5 Å². The number of amides is 1. The van der Waals surface area contributed by atoms with Crippen molar-refractivity contribution in [3.63, 3.8) is 0 Å². The summed E-state index contributed by atoms with van der Waals surface area (Å²) in [5.74, 6) is 0.590. The van der Waals surface area contributed by atoms with Crippen molar-refractivity contribution >= 4 is 27.2 Å². The van der Waals surface area contributed by atoms with Gasteiger partial charge in [0.25, 0.3) is 5.91 Å². The van der Waals surface area contributed by atoms with Gasteiger partial charge in [0, 0.05) is 11.7 Å². The number of para-hydroxylation sites is 1. The molecule has 0 aliphatic carbocycles. The third kappa shape index (κ3) is 4.63. The summed E-state index contributed by atoms with van der Waals surface area (Å²) in [5, 5.41) is 6.00. The van der Waals surface area contributed by atoms with Crippen molar-refractivity contribution in [3.8, 4) is 0 Å². The van der Waals surface area contributed by atoms with Crippen LogP contribution >= 0.6 is 0 Å². The number of carbonyl (C=O) groups excluding carboxylic acids is 1. The highest BCUT2D eigenvalue weighted by molar-refractivity contribution is 7.91. The second-order valence-electron chi connectivity index (χ2n) is 7.18. The minimum Gasteiger partial charge on any atom is -0.347 e. The molecule has 1 aliphatic heterocycles. The highest BCUT2D eigenvalue weighted by Crippen LogP contribution is 2.29. The van der Waals surface area contributed by atoms with E-state index in [0.29, 0.717) is 18.2 Å². The van der Waals surface area contributed by atoms with Gasteiger partial charge in [0.15, 0.2) is 9.84 Å². The SMILES string of the molecule is Cc1cccc(C(C)C)c1Nc1cnc(C(=O)NC2CCS(=O)(=O)C2)cn1. The topological polar surface area (TPSA) is 101 Å². The Morgan fingerprint density at radius 3 is 2.59 bits per heavy atom. The van der Waals surface area contributed by atoms with Crippen LogP contribution in [0.3, 0.4) is 0 Å². The van der Waals surface area contributed by atoms with E-state index in [1.807, 2.05) is 19.1 Å². The summed E-state index contributed by atoms with van der Waals surface area (Å²) in [7, 11) is -3.04. The number of carbonyl (C=O) groups is 1. The smallest absolute Gasteiger partial charge is 0.271 e. The second-order valence-corrected chi connectivity index (χ2v) is 9.41. The summed E-state index contributed by atoms with van der Waals surface area (Å²) in [6.07, 6.45) is 3.34. The van der Waals surface area contributed by atoms with Crippen LogP contribution in [-0.2, 0) is 9.84 Å². The fraction of sp³-hybridized carbons (Fsp3) is 0.421. The van der Waals surface area contributed by atoms with Crippen LogP contribution in [0.4, 0.5) is 11.5 Å². The van der Waals surface area contributed by atoms with Gasteiger partial charge in [0.2, 0.25) is 0 Å². The first kappa shape index (κ1) is 19.3. The molecule has 2 heterocycles. The highest BCUT2D eigenvalue weighted by Gasteiger charge is 2.29. The number of nitrogens with one attached hydrogen (secondary N) is 2. The zero-order chi connectivity index (χ0) is 19.6. The van der Waals surface area contributed by atoms with Crippen LogP contribution in [0.25, 0.3) is 0 Å². The van der Waals surface area contributed by atoms with E-state index in [1.165, 1.54) is 18.0 Å². The van der Waals surface area contributed by atoms with Gasteiger partial charge in [0.1, 0.15) is 11.5 Å². The summed E-state index contributed by atoms with van der Waals surface area (Å²) >= 11 is 0. The molecule has 3 rings (SSSR count). The van der Waals surface area contributed by atoms with Crippen LogP contribution in [0.1, 0.15) is 47.8 Å². The van der Waals surface area contributed by atoms with Crippen molar-refractivity contribution in [1.82, 2.24) is 15.3 Å². The molecule has 0 saturated carbocycles. The van der Waals surface area contributed by atoms with Crippen molar-refractivity contribution in [3.05, 3.63) is 47.4 Å². The van der Waals surface area contributed by atoms with E-state index in [9.17, 15) is 13.2 Å². The van der Waals surface area contributed by atoms with Crippen molar-refractivity contribution in [1.29, 1.82) is 0 Å². The number of benzene rings is 1. The van der Waals surface area contributed by atoms with Crippen LogP contribution in [0, 0.1) is 6.92 Å². The molecule has 8 heteroatoms. The summed E-state index contributed by atoms with van der Waals surface area (Å²) < 4.78 is 23.0. The van der Waals surface area contributed by atoms with Gasteiger partial charge in [-0.2, -0.15) is 0 Å². The molecule has 2 N–H and O–H groups in total. The van der Waals surface area contributed by atoms with Gasteiger partial charge in [-0.1, -0.05) is 32.0 Å². The van der Waals surface area contributed by atoms with Crippen molar-refractivity contribution < 1.29 is 13.2 Å². The molecule has 1 aliphatic rings. The van der Waals surface area contributed by atoms with Gasteiger partial charge >= 0.3 is 0 Å². The maximum atomic E-state index is 12.2. The Labute approximate surface area is 159 Å². The minimum atomic E-state index is -3.04. The molecule has 1 amide bonds. The first-order valence-electron chi connectivity index (χ1n) is 8.95. The molecule has 1 fully saturated rings. The van der Waals surface area contributed by atoms with Gasteiger partial charge < -0.3 is 10.6 Å². The first-order valence-corrected chi connectivity index (χ1v) is 10.8. The van der Waals surface area contributed by atoms with E-state index >= 15 is 0 Å². The highest BCUT2D eigenvalue weighted by atomic mass is 32.2. The lowest BCUT2D eigenvalue weighted by molar-refractivity contribution is 0.0935. The minimum absolute atomic E-state index is 0.0168. The molecule has 1 saturated heterocycles. The Morgan fingerprint density at radius 2 is 2.00 bits per heavy atom. The Bertz CT molecular complexity index is 940. The number of aryl methyl sites for hydroxylation is 1. The number of hydrogen-bond donors (Lipinski definition) is 2. The number of anilines is 2. The predicted octanol–water partition coefficient (Wildman–Crippen LogP) is 2.57. The lowest BCUT2D eigenvalue weighted by Crippen LogP contribution is -2.36. The van der Waals surface area contributed by atoms with Crippen molar-refractivity contribution in [2.45, 2.75) is 39.2 Å². The van der Waals surface area contributed by atoms with Gasteiger partial charge in [-0.15, -0.1) is 0 Å². The molecule has 144 valence electrons. The van der Waals surface area contributed by atoms with E-state index in [1.54, 1.807) is 0 Å². The fourth-order valence-electron chi connectivity index (χ4n) is 3.15. The lowest BCUT2D eigenvalue weighted by atomic mass is 9.98. The quantitative estimate of drug-likeness (QED) is 0.816. The average molecular weight is 388 g/mol. The Morgan fingerprint density at radius 1 is 1.22 bits per heavy atom. The van der Waals surface area contributed by atoms with Gasteiger partial charge in [-0.25, -0.2) is 18.4 Å². The molecule has 1 atom stereocenters. The normalized spacial score (nSPS) is 18.4. The molecule has 7 nitrogen and oxygen atoms in total. The van der Waals surface area contributed by atoms with Crippen LogP contribution < -0.4 is 10.6 Å². The number of sulfone groups is 1. The predicted molar refractivity (Wildman–Crippen MR) is 105 cm³/mol. The van der Waals surface area contributed by atoms with Gasteiger partial charge in [-0.3, -0.25) is 4.79 Å². The molecule has 2 aromatic rings. The molecule has 1 unspecified atom stereocenters. The molecule has 0 spiro atoms. The van der Waals surface area contributed by atoms with Crippen LogP contribution in [0.2, 0.25) is 0 Å². The van der Waals surface area contributed by atoms with Crippen molar-refractivity contribution in [2.24, 2.45) is 0 Å². The van der Waals surface area contributed by atoms with Crippen molar-refractivity contribution in [2.75, 3.05) is 16.8 Å². The second kappa shape index (κ2) is 7.64. The third-order valence-electron chi connectivity index (χ3n) is 4.63. The van der Waals surface area contributed by atoms with E-state index in [0.717, 1.165) is 11.3 Å². The molecule has 27 heavy (non-hydrogen) atoms. The molecular formula is C19H24N4O3S. The number of nitrogens with zero attached hydrogens (tertiary/aromatic N) is 2.